The standard InChI is InChI=1S/C23H17NO3S/c1-24-23(27)19-11-17-18(12-20(19)28-13-14-7-3-2-4-8-14)22(26)16-10-6-5-9-15(16)21(17)25/h2-12H,13H2,1H3,(H,24,27). The topological polar surface area (TPSA) is 63.2 Å². The second-order valence-corrected chi connectivity index (χ2v) is 7.47. The van der Waals surface area contributed by atoms with Crippen LogP contribution in [-0.4, -0.2) is 24.5 Å². The molecule has 0 atom stereocenters. The summed E-state index contributed by atoms with van der Waals surface area (Å²) in [6.45, 7) is 0. The molecule has 5 heteroatoms. The van der Waals surface area contributed by atoms with Gasteiger partial charge in [-0.2, -0.15) is 0 Å². The number of ketones is 2. The maximum absolute atomic E-state index is 13.0. The normalized spacial score (nSPS) is 12.3. The Labute approximate surface area is 167 Å². The first-order valence-electron chi connectivity index (χ1n) is 8.85. The van der Waals surface area contributed by atoms with E-state index in [4.69, 9.17) is 0 Å². The number of hydrogen-bond donors (Lipinski definition) is 1. The minimum Gasteiger partial charge on any atom is -0.355 e. The van der Waals surface area contributed by atoms with Crippen LogP contribution in [0.1, 0.15) is 47.8 Å². The van der Waals surface area contributed by atoms with Gasteiger partial charge in [0, 0.05) is 39.9 Å². The number of rotatable bonds is 4. The summed E-state index contributed by atoms with van der Waals surface area (Å²) in [6.07, 6.45) is 0. The predicted molar refractivity (Wildman–Crippen MR) is 109 cm³/mol. The van der Waals surface area contributed by atoms with Gasteiger partial charge in [0.2, 0.25) is 0 Å². The van der Waals surface area contributed by atoms with Gasteiger partial charge in [-0.25, -0.2) is 0 Å². The molecule has 4 rings (SSSR count). The van der Waals surface area contributed by atoms with E-state index in [-0.39, 0.29) is 23.0 Å². The van der Waals surface area contributed by atoms with Crippen molar-refractivity contribution in [2.45, 2.75) is 10.6 Å². The molecule has 138 valence electrons. The molecule has 0 fully saturated rings. The lowest BCUT2D eigenvalue weighted by Crippen LogP contribution is -2.24. The molecule has 4 nitrogen and oxygen atoms in total. The zero-order valence-corrected chi connectivity index (χ0v) is 16.0. The quantitative estimate of drug-likeness (QED) is 0.535. The van der Waals surface area contributed by atoms with E-state index in [1.165, 1.54) is 11.8 Å². The molecule has 0 heterocycles. The first-order chi connectivity index (χ1) is 13.6. The molecule has 0 spiro atoms. The van der Waals surface area contributed by atoms with Crippen LogP contribution < -0.4 is 5.32 Å². The lowest BCUT2D eigenvalue weighted by molar-refractivity contribution is 0.0956. The van der Waals surface area contributed by atoms with Gasteiger partial charge < -0.3 is 5.32 Å². The number of benzene rings is 3. The third-order valence-electron chi connectivity index (χ3n) is 4.73. The first kappa shape index (κ1) is 18.2. The van der Waals surface area contributed by atoms with E-state index in [9.17, 15) is 14.4 Å². The maximum Gasteiger partial charge on any atom is 0.252 e. The van der Waals surface area contributed by atoms with Crippen LogP contribution in [0, 0.1) is 0 Å². The van der Waals surface area contributed by atoms with E-state index in [0.29, 0.717) is 32.9 Å². The monoisotopic (exact) mass is 387 g/mol. The van der Waals surface area contributed by atoms with Crippen LogP contribution in [0.4, 0.5) is 0 Å². The fourth-order valence-corrected chi connectivity index (χ4v) is 4.31. The van der Waals surface area contributed by atoms with Gasteiger partial charge in [-0.15, -0.1) is 11.8 Å². The number of amides is 1. The Morgan fingerprint density at radius 3 is 2.00 bits per heavy atom. The Morgan fingerprint density at radius 1 is 0.821 bits per heavy atom. The van der Waals surface area contributed by atoms with Crippen molar-refractivity contribution < 1.29 is 14.4 Å². The highest BCUT2D eigenvalue weighted by molar-refractivity contribution is 7.98. The van der Waals surface area contributed by atoms with Crippen LogP contribution >= 0.6 is 11.8 Å². The number of nitrogens with one attached hydrogen (secondary N) is 1. The molecule has 28 heavy (non-hydrogen) atoms. The Morgan fingerprint density at radius 2 is 1.39 bits per heavy atom. The Bertz CT molecular complexity index is 1110. The maximum atomic E-state index is 13.0. The van der Waals surface area contributed by atoms with E-state index in [1.807, 2.05) is 30.3 Å². The highest BCUT2D eigenvalue weighted by Crippen LogP contribution is 2.34. The van der Waals surface area contributed by atoms with Gasteiger partial charge in [-0.3, -0.25) is 14.4 Å². The summed E-state index contributed by atoms with van der Waals surface area (Å²) in [7, 11) is 1.55. The summed E-state index contributed by atoms with van der Waals surface area (Å²) in [5.41, 5.74) is 2.95. The number of carbonyl (C=O) groups is 3. The molecule has 0 saturated carbocycles. The molecule has 0 bridgehead atoms. The average Bonchev–Trinajstić information content (AvgIpc) is 2.75. The van der Waals surface area contributed by atoms with Crippen molar-refractivity contribution in [1.82, 2.24) is 5.32 Å². The summed E-state index contributed by atoms with van der Waals surface area (Å²) in [5, 5.41) is 2.62. The molecule has 0 aliphatic heterocycles. The fraction of sp³-hybridized carbons (Fsp3) is 0.0870. The smallest absolute Gasteiger partial charge is 0.252 e. The Balaban J connectivity index is 1.80. The van der Waals surface area contributed by atoms with Crippen LogP contribution in [0.15, 0.2) is 71.6 Å². The summed E-state index contributed by atoms with van der Waals surface area (Å²) in [4.78, 5) is 39.0. The number of hydrogen-bond acceptors (Lipinski definition) is 4. The van der Waals surface area contributed by atoms with Crippen LogP contribution in [0.2, 0.25) is 0 Å². The minimum atomic E-state index is -0.280. The summed E-state index contributed by atoms with van der Waals surface area (Å²) in [5.74, 6) is -0.0369. The molecule has 0 radical (unpaired) electrons. The largest absolute Gasteiger partial charge is 0.355 e. The van der Waals surface area contributed by atoms with Gasteiger partial charge >= 0.3 is 0 Å². The molecule has 0 saturated heterocycles. The molecule has 3 aromatic carbocycles. The van der Waals surface area contributed by atoms with Crippen molar-refractivity contribution in [3.05, 3.63) is 100 Å². The molecule has 1 aliphatic rings. The van der Waals surface area contributed by atoms with Crippen molar-refractivity contribution in [1.29, 1.82) is 0 Å². The lowest BCUT2D eigenvalue weighted by Gasteiger charge is -2.20. The molecular weight excluding hydrogens is 370 g/mol. The number of fused-ring (bicyclic) bond motifs is 2. The van der Waals surface area contributed by atoms with E-state index in [0.717, 1.165) is 5.56 Å². The van der Waals surface area contributed by atoms with Gasteiger partial charge in [0.1, 0.15) is 0 Å². The van der Waals surface area contributed by atoms with Crippen molar-refractivity contribution in [2.75, 3.05) is 7.05 Å². The molecule has 1 N–H and O–H groups in total. The zero-order chi connectivity index (χ0) is 19.7. The third-order valence-corrected chi connectivity index (χ3v) is 5.86. The van der Waals surface area contributed by atoms with E-state index in [1.54, 1.807) is 43.4 Å². The van der Waals surface area contributed by atoms with Gasteiger partial charge in [-0.1, -0.05) is 54.6 Å². The summed E-state index contributed by atoms with van der Waals surface area (Å²) in [6, 6.07) is 19.9. The molecule has 3 aromatic rings. The second-order valence-electron chi connectivity index (χ2n) is 6.45. The Hall–Kier alpha value is -3.18. The minimum absolute atomic E-state index is 0.185. The highest BCUT2D eigenvalue weighted by atomic mass is 32.2. The van der Waals surface area contributed by atoms with Gasteiger partial charge in [0.15, 0.2) is 11.6 Å². The van der Waals surface area contributed by atoms with Crippen LogP contribution in [-0.2, 0) is 5.75 Å². The van der Waals surface area contributed by atoms with E-state index < -0.39 is 0 Å². The first-order valence-corrected chi connectivity index (χ1v) is 9.84. The molecular formula is C23H17NO3S. The van der Waals surface area contributed by atoms with Crippen LogP contribution in [0.5, 0.6) is 0 Å². The van der Waals surface area contributed by atoms with Crippen LogP contribution in [0.3, 0.4) is 0 Å². The zero-order valence-electron chi connectivity index (χ0n) is 15.2. The fourth-order valence-electron chi connectivity index (χ4n) is 3.29. The SMILES string of the molecule is CNC(=O)c1cc2c(cc1SCc1ccccc1)C(=O)c1ccccc1C2=O. The van der Waals surface area contributed by atoms with Gasteiger partial charge in [0.05, 0.1) is 5.56 Å². The van der Waals surface area contributed by atoms with Crippen molar-refractivity contribution >= 4 is 29.2 Å². The van der Waals surface area contributed by atoms with Crippen LogP contribution in [0.25, 0.3) is 0 Å². The number of carbonyl (C=O) groups excluding carboxylic acids is 3. The van der Waals surface area contributed by atoms with Gasteiger partial charge in [-0.05, 0) is 17.7 Å². The lowest BCUT2D eigenvalue weighted by atomic mass is 9.83. The number of thioether (sulfide) groups is 1. The van der Waals surface area contributed by atoms with E-state index >= 15 is 0 Å². The Kier molecular flexibility index (Phi) is 4.84. The average molecular weight is 387 g/mol. The predicted octanol–water partition coefficient (Wildman–Crippen LogP) is 4.11. The molecule has 1 amide bonds. The third kappa shape index (κ3) is 3.14. The van der Waals surface area contributed by atoms with Crippen molar-refractivity contribution in [3.8, 4) is 0 Å². The molecule has 0 aromatic heterocycles. The van der Waals surface area contributed by atoms with Gasteiger partial charge in [0.25, 0.3) is 5.91 Å². The van der Waals surface area contributed by atoms with Crippen molar-refractivity contribution in [3.63, 3.8) is 0 Å². The van der Waals surface area contributed by atoms with E-state index in [2.05, 4.69) is 5.32 Å². The van der Waals surface area contributed by atoms with Crippen molar-refractivity contribution in [2.24, 2.45) is 0 Å². The molecule has 0 unspecified atom stereocenters. The highest BCUT2D eigenvalue weighted by Gasteiger charge is 2.31. The summed E-state index contributed by atoms with van der Waals surface area (Å²) >= 11 is 1.48. The molecule has 1 aliphatic carbocycles. The second kappa shape index (κ2) is 7.44. The summed E-state index contributed by atoms with van der Waals surface area (Å²) < 4.78 is 0.